The van der Waals surface area contributed by atoms with Gasteiger partial charge < -0.3 is 20.1 Å². The number of urea groups is 1. The fraction of sp³-hybridized carbons (Fsp3) is 0.846. The molecule has 0 spiro atoms. The monoisotopic (exact) mass is 272 g/mol. The van der Waals surface area contributed by atoms with Crippen LogP contribution in [0.3, 0.4) is 0 Å². The molecule has 0 bridgehead atoms. The van der Waals surface area contributed by atoms with Crippen molar-refractivity contribution in [3.05, 3.63) is 0 Å². The quantitative estimate of drug-likeness (QED) is 0.620. The van der Waals surface area contributed by atoms with Crippen molar-refractivity contribution in [1.82, 2.24) is 10.2 Å². The molecular formula is C13H24N2O4. The molecule has 2 N–H and O–H groups in total. The maximum absolute atomic E-state index is 11.9. The van der Waals surface area contributed by atoms with Crippen molar-refractivity contribution in [2.75, 3.05) is 26.3 Å². The molecule has 1 rings (SSSR count). The molecule has 0 saturated heterocycles. The second-order valence-corrected chi connectivity index (χ2v) is 5.27. The van der Waals surface area contributed by atoms with E-state index in [2.05, 4.69) is 19.2 Å². The van der Waals surface area contributed by atoms with Crippen molar-refractivity contribution in [1.29, 1.82) is 0 Å². The predicted octanol–water partition coefficient (Wildman–Crippen LogP) is 1.31. The van der Waals surface area contributed by atoms with Gasteiger partial charge in [0.15, 0.2) is 0 Å². The van der Waals surface area contributed by atoms with E-state index in [1.54, 1.807) is 4.90 Å². The number of hydrogen-bond donors (Lipinski definition) is 2. The zero-order valence-corrected chi connectivity index (χ0v) is 11.7. The number of aliphatic carboxylic acids is 1. The summed E-state index contributed by atoms with van der Waals surface area (Å²) < 4.78 is 5.37. The Balaban J connectivity index is 2.19. The van der Waals surface area contributed by atoms with Gasteiger partial charge in [-0.3, -0.25) is 4.79 Å². The largest absolute Gasteiger partial charge is 0.481 e. The number of amides is 2. The number of carbonyl (C=O) groups excluding carboxylic acids is 1. The van der Waals surface area contributed by atoms with Crippen molar-refractivity contribution in [2.45, 2.75) is 39.2 Å². The Kier molecular flexibility index (Phi) is 6.62. The summed E-state index contributed by atoms with van der Waals surface area (Å²) in [6.07, 6.45) is 1.93. The van der Waals surface area contributed by atoms with Crippen LogP contribution in [-0.2, 0) is 9.53 Å². The van der Waals surface area contributed by atoms with Crippen LogP contribution >= 0.6 is 0 Å². The van der Waals surface area contributed by atoms with Gasteiger partial charge in [-0.2, -0.15) is 0 Å². The predicted molar refractivity (Wildman–Crippen MR) is 71.0 cm³/mol. The molecule has 0 unspecified atom stereocenters. The third kappa shape index (κ3) is 7.00. The highest BCUT2D eigenvalue weighted by atomic mass is 16.5. The van der Waals surface area contributed by atoms with Crippen LogP contribution in [0.4, 0.5) is 4.79 Å². The lowest BCUT2D eigenvalue weighted by Gasteiger charge is -2.22. The summed E-state index contributed by atoms with van der Waals surface area (Å²) in [5.41, 5.74) is 0. The van der Waals surface area contributed by atoms with Crippen molar-refractivity contribution in [3.8, 4) is 0 Å². The van der Waals surface area contributed by atoms with Crippen LogP contribution in [0.5, 0.6) is 0 Å². The van der Waals surface area contributed by atoms with Gasteiger partial charge in [0, 0.05) is 25.7 Å². The number of hydrogen-bond acceptors (Lipinski definition) is 3. The second kappa shape index (κ2) is 7.99. The summed E-state index contributed by atoms with van der Waals surface area (Å²) >= 11 is 0. The molecule has 0 aromatic carbocycles. The summed E-state index contributed by atoms with van der Waals surface area (Å²) in [5.74, 6) is -0.395. The third-order valence-electron chi connectivity index (χ3n) is 2.79. The van der Waals surface area contributed by atoms with E-state index in [1.807, 2.05) is 0 Å². The highest BCUT2D eigenvalue weighted by Crippen LogP contribution is 2.26. The minimum atomic E-state index is -0.876. The molecule has 0 aromatic rings. The molecule has 0 aromatic heterocycles. The summed E-state index contributed by atoms with van der Waals surface area (Å²) in [7, 11) is 0. The Morgan fingerprint density at radius 1 is 1.42 bits per heavy atom. The summed E-state index contributed by atoms with van der Waals surface area (Å²) in [6.45, 7) is 6.04. The fourth-order valence-electron chi connectivity index (χ4n) is 1.70. The summed E-state index contributed by atoms with van der Waals surface area (Å²) in [6, 6.07) is 0.0350. The van der Waals surface area contributed by atoms with Crippen LogP contribution in [0.1, 0.15) is 33.1 Å². The van der Waals surface area contributed by atoms with Crippen LogP contribution in [0.15, 0.2) is 0 Å². The van der Waals surface area contributed by atoms with Gasteiger partial charge in [-0.25, -0.2) is 4.79 Å². The van der Waals surface area contributed by atoms with Gasteiger partial charge in [-0.15, -0.1) is 0 Å². The molecule has 0 atom stereocenters. The average molecular weight is 272 g/mol. The lowest BCUT2D eigenvalue weighted by Crippen LogP contribution is -2.43. The molecule has 110 valence electrons. The minimum absolute atomic E-state index is 0.00618. The first-order valence-electron chi connectivity index (χ1n) is 6.84. The first-order valence-corrected chi connectivity index (χ1v) is 6.84. The van der Waals surface area contributed by atoms with E-state index < -0.39 is 5.97 Å². The maximum Gasteiger partial charge on any atom is 0.317 e. The number of ether oxygens (including phenoxy) is 1. The SMILES string of the molecule is CC(C)COCCNC(=O)N(CCC(=O)O)C1CC1. The Hall–Kier alpha value is -1.30. The van der Waals surface area contributed by atoms with Crippen LogP contribution in [-0.4, -0.2) is 54.4 Å². The number of nitrogens with one attached hydrogen (secondary N) is 1. The smallest absolute Gasteiger partial charge is 0.317 e. The number of carbonyl (C=O) groups is 2. The maximum atomic E-state index is 11.9. The summed E-state index contributed by atoms with van der Waals surface area (Å²) in [5, 5.41) is 11.4. The lowest BCUT2D eigenvalue weighted by atomic mass is 10.2. The summed E-state index contributed by atoms with van der Waals surface area (Å²) in [4.78, 5) is 24.1. The van der Waals surface area contributed by atoms with Crippen molar-refractivity contribution >= 4 is 12.0 Å². The molecule has 19 heavy (non-hydrogen) atoms. The average Bonchev–Trinajstić information content (AvgIpc) is 3.12. The number of carboxylic acids is 1. The van der Waals surface area contributed by atoms with Gasteiger partial charge in [0.2, 0.25) is 0 Å². The molecule has 0 heterocycles. The Morgan fingerprint density at radius 2 is 2.11 bits per heavy atom. The lowest BCUT2D eigenvalue weighted by molar-refractivity contribution is -0.137. The second-order valence-electron chi connectivity index (χ2n) is 5.27. The van der Waals surface area contributed by atoms with E-state index >= 15 is 0 Å². The number of carboxylic acid groups (broad SMARTS) is 1. The molecule has 6 nitrogen and oxygen atoms in total. The zero-order valence-electron chi connectivity index (χ0n) is 11.7. The number of rotatable bonds is 9. The van der Waals surface area contributed by atoms with Crippen LogP contribution in [0.25, 0.3) is 0 Å². The van der Waals surface area contributed by atoms with Gasteiger partial charge >= 0.3 is 12.0 Å². The molecule has 1 fully saturated rings. The van der Waals surface area contributed by atoms with Crippen molar-refractivity contribution < 1.29 is 19.4 Å². The van der Waals surface area contributed by atoms with Crippen molar-refractivity contribution in [3.63, 3.8) is 0 Å². The highest BCUT2D eigenvalue weighted by molar-refractivity contribution is 5.76. The molecule has 1 aliphatic rings. The van der Waals surface area contributed by atoms with Gasteiger partial charge in [-0.1, -0.05) is 13.8 Å². The first kappa shape index (κ1) is 15.8. The van der Waals surface area contributed by atoms with E-state index in [1.165, 1.54) is 0 Å². The van der Waals surface area contributed by atoms with E-state index in [-0.39, 0.29) is 25.0 Å². The molecule has 0 radical (unpaired) electrons. The minimum Gasteiger partial charge on any atom is -0.481 e. The highest BCUT2D eigenvalue weighted by Gasteiger charge is 2.32. The van der Waals surface area contributed by atoms with Crippen molar-refractivity contribution in [2.24, 2.45) is 5.92 Å². The Labute approximate surface area is 114 Å². The van der Waals surface area contributed by atoms with Gasteiger partial charge in [0.1, 0.15) is 0 Å². The van der Waals surface area contributed by atoms with Crippen LogP contribution in [0, 0.1) is 5.92 Å². The molecule has 0 aliphatic heterocycles. The van der Waals surface area contributed by atoms with Gasteiger partial charge in [-0.05, 0) is 18.8 Å². The van der Waals surface area contributed by atoms with Gasteiger partial charge in [0.25, 0.3) is 0 Å². The van der Waals surface area contributed by atoms with Gasteiger partial charge in [0.05, 0.1) is 13.0 Å². The van der Waals surface area contributed by atoms with E-state index in [0.717, 1.165) is 12.8 Å². The molecule has 1 aliphatic carbocycles. The fourth-order valence-corrected chi connectivity index (χ4v) is 1.70. The molecular weight excluding hydrogens is 248 g/mol. The normalized spacial score (nSPS) is 14.5. The molecule has 1 saturated carbocycles. The Bertz CT molecular complexity index is 303. The molecule has 6 heteroatoms. The van der Waals surface area contributed by atoms with E-state index in [9.17, 15) is 9.59 Å². The first-order chi connectivity index (χ1) is 9.00. The standard InChI is InChI=1S/C13H24N2O4/c1-10(2)9-19-8-6-14-13(18)15(11-3-4-11)7-5-12(16)17/h10-11H,3-9H2,1-2H3,(H,14,18)(H,16,17). The third-order valence-corrected chi connectivity index (χ3v) is 2.79. The van der Waals surface area contributed by atoms with Crippen LogP contribution < -0.4 is 5.32 Å². The van der Waals surface area contributed by atoms with Crippen LogP contribution in [0.2, 0.25) is 0 Å². The van der Waals surface area contributed by atoms with E-state index in [0.29, 0.717) is 25.7 Å². The Morgan fingerprint density at radius 3 is 2.63 bits per heavy atom. The molecule has 2 amide bonds. The topological polar surface area (TPSA) is 78.9 Å². The zero-order chi connectivity index (χ0) is 14.3. The number of nitrogens with zero attached hydrogens (tertiary/aromatic N) is 1. The van der Waals surface area contributed by atoms with E-state index in [4.69, 9.17) is 9.84 Å².